The number of aromatic nitrogens is 3. The third-order valence-corrected chi connectivity index (χ3v) is 5.90. The number of amides is 1. The van der Waals surface area contributed by atoms with Crippen molar-refractivity contribution < 1.29 is 13.9 Å². The van der Waals surface area contributed by atoms with Gasteiger partial charge in [-0.1, -0.05) is 6.07 Å². The van der Waals surface area contributed by atoms with Gasteiger partial charge in [-0.2, -0.15) is 10.1 Å². The van der Waals surface area contributed by atoms with Gasteiger partial charge >= 0.3 is 6.09 Å². The van der Waals surface area contributed by atoms with Crippen LogP contribution in [0.1, 0.15) is 16.1 Å². The van der Waals surface area contributed by atoms with E-state index in [1.54, 1.807) is 33.1 Å². The van der Waals surface area contributed by atoms with E-state index >= 15 is 0 Å². The molecule has 4 aromatic rings. The standard InChI is InChI=1S/C21H17FN4O2S/c1-13-18-11-14-12-25(9-8-17-3-2-10-29-17)21(27)28-20(14)23-19(18)26(24-13)16-6-4-15(22)5-7-16/h2-7,10-11H,8-9,12H2,1H3. The number of ether oxygens (including phenoxy) is 1. The first kappa shape index (κ1) is 17.8. The molecular weight excluding hydrogens is 391 g/mol. The summed E-state index contributed by atoms with van der Waals surface area (Å²) in [7, 11) is 0. The van der Waals surface area contributed by atoms with Crippen LogP contribution in [-0.2, 0) is 13.0 Å². The van der Waals surface area contributed by atoms with Gasteiger partial charge in [-0.3, -0.25) is 0 Å². The smallest absolute Gasteiger partial charge is 0.391 e. The molecule has 0 saturated heterocycles. The summed E-state index contributed by atoms with van der Waals surface area (Å²) in [6, 6.07) is 12.1. The monoisotopic (exact) mass is 408 g/mol. The van der Waals surface area contributed by atoms with E-state index in [-0.39, 0.29) is 5.82 Å². The fourth-order valence-electron chi connectivity index (χ4n) is 3.46. The van der Waals surface area contributed by atoms with Crippen LogP contribution in [0.5, 0.6) is 5.88 Å². The van der Waals surface area contributed by atoms with Crippen molar-refractivity contribution in [2.24, 2.45) is 0 Å². The van der Waals surface area contributed by atoms with Crippen LogP contribution < -0.4 is 4.74 Å². The lowest BCUT2D eigenvalue weighted by Crippen LogP contribution is -2.38. The number of benzene rings is 1. The first-order chi connectivity index (χ1) is 14.1. The Labute approximate surface area is 170 Å². The van der Waals surface area contributed by atoms with Crippen LogP contribution in [-0.4, -0.2) is 32.3 Å². The molecule has 0 unspecified atom stereocenters. The van der Waals surface area contributed by atoms with Gasteiger partial charge < -0.3 is 9.64 Å². The Hall–Kier alpha value is -3.26. The van der Waals surface area contributed by atoms with Crippen molar-refractivity contribution in [2.75, 3.05) is 6.54 Å². The Kier molecular flexibility index (Phi) is 4.28. The van der Waals surface area contributed by atoms with Crippen molar-refractivity contribution in [3.63, 3.8) is 0 Å². The van der Waals surface area contributed by atoms with E-state index in [4.69, 9.17) is 4.74 Å². The highest BCUT2D eigenvalue weighted by Crippen LogP contribution is 2.30. The summed E-state index contributed by atoms with van der Waals surface area (Å²) >= 11 is 1.68. The van der Waals surface area contributed by atoms with E-state index in [1.807, 2.05) is 24.4 Å². The number of rotatable bonds is 4. The molecule has 5 rings (SSSR count). The number of hydrogen-bond acceptors (Lipinski definition) is 5. The summed E-state index contributed by atoms with van der Waals surface area (Å²) in [4.78, 5) is 19.9. The van der Waals surface area contributed by atoms with E-state index in [9.17, 15) is 9.18 Å². The summed E-state index contributed by atoms with van der Waals surface area (Å²) in [5, 5.41) is 7.46. The molecule has 0 saturated carbocycles. The van der Waals surface area contributed by atoms with Gasteiger partial charge in [0.25, 0.3) is 0 Å². The first-order valence-corrected chi connectivity index (χ1v) is 10.1. The van der Waals surface area contributed by atoms with E-state index < -0.39 is 6.09 Å². The van der Waals surface area contributed by atoms with Crippen LogP contribution in [0.3, 0.4) is 0 Å². The lowest BCUT2D eigenvalue weighted by Gasteiger charge is -2.27. The highest BCUT2D eigenvalue weighted by atomic mass is 32.1. The van der Waals surface area contributed by atoms with Gasteiger partial charge in [-0.25, -0.2) is 13.9 Å². The van der Waals surface area contributed by atoms with Crippen LogP contribution in [0, 0.1) is 12.7 Å². The van der Waals surface area contributed by atoms with Crippen LogP contribution >= 0.6 is 11.3 Å². The molecule has 1 amide bonds. The van der Waals surface area contributed by atoms with Gasteiger partial charge in [-0.15, -0.1) is 11.3 Å². The predicted molar refractivity (Wildman–Crippen MR) is 108 cm³/mol. The van der Waals surface area contributed by atoms with Gasteiger partial charge in [0, 0.05) is 22.4 Å². The van der Waals surface area contributed by atoms with Crippen LogP contribution in [0.15, 0.2) is 47.8 Å². The number of hydrogen-bond donors (Lipinski definition) is 0. The minimum atomic E-state index is -0.398. The molecule has 146 valence electrons. The minimum absolute atomic E-state index is 0.304. The molecule has 0 atom stereocenters. The number of carbonyl (C=O) groups excluding carboxylic acids is 1. The lowest BCUT2D eigenvalue weighted by atomic mass is 10.1. The van der Waals surface area contributed by atoms with E-state index in [1.165, 1.54) is 17.0 Å². The number of aryl methyl sites for hydroxylation is 1. The van der Waals surface area contributed by atoms with Crippen molar-refractivity contribution in [1.29, 1.82) is 0 Å². The Balaban J connectivity index is 1.48. The van der Waals surface area contributed by atoms with Crippen molar-refractivity contribution in [3.05, 3.63) is 69.8 Å². The molecule has 4 heterocycles. The number of carbonyl (C=O) groups is 1. The highest BCUT2D eigenvalue weighted by molar-refractivity contribution is 7.09. The zero-order valence-electron chi connectivity index (χ0n) is 15.6. The number of pyridine rings is 1. The molecule has 0 spiro atoms. The maximum atomic E-state index is 13.3. The predicted octanol–water partition coefficient (Wildman–Crippen LogP) is 4.49. The Morgan fingerprint density at radius 3 is 2.83 bits per heavy atom. The Bertz CT molecular complexity index is 1200. The molecule has 1 aliphatic rings. The number of thiophene rings is 1. The zero-order chi connectivity index (χ0) is 20.0. The number of nitrogens with zero attached hydrogens (tertiary/aromatic N) is 4. The van der Waals surface area contributed by atoms with Gasteiger partial charge in [0.1, 0.15) is 5.82 Å². The molecule has 0 bridgehead atoms. The van der Waals surface area contributed by atoms with Crippen LogP contribution in [0.25, 0.3) is 16.7 Å². The molecule has 29 heavy (non-hydrogen) atoms. The van der Waals surface area contributed by atoms with Gasteiger partial charge in [-0.05, 0) is 55.1 Å². The Morgan fingerprint density at radius 1 is 1.24 bits per heavy atom. The third-order valence-electron chi connectivity index (χ3n) is 4.96. The van der Waals surface area contributed by atoms with E-state index in [2.05, 4.69) is 16.1 Å². The van der Waals surface area contributed by atoms with Crippen molar-refractivity contribution in [1.82, 2.24) is 19.7 Å². The fourth-order valence-corrected chi connectivity index (χ4v) is 4.16. The van der Waals surface area contributed by atoms with Crippen molar-refractivity contribution in [3.8, 4) is 11.6 Å². The van der Waals surface area contributed by atoms with Crippen LogP contribution in [0.2, 0.25) is 0 Å². The van der Waals surface area contributed by atoms with Crippen LogP contribution in [0.4, 0.5) is 9.18 Å². The second-order valence-electron chi connectivity index (χ2n) is 6.92. The van der Waals surface area contributed by atoms with E-state index in [0.717, 1.165) is 23.1 Å². The van der Waals surface area contributed by atoms with Gasteiger partial charge in [0.05, 0.1) is 17.9 Å². The highest BCUT2D eigenvalue weighted by Gasteiger charge is 2.27. The molecule has 0 N–H and O–H groups in total. The summed E-state index contributed by atoms with van der Waals surface area (Å²) in [5.41, 5.74) is 2.93. The quantitative estimate of drug-likeness (QED) is 0.499. The number of halogens is 1. The summed E-state index contributed by atoms with van der Waals surface area (Å²) in [5.74, 6) is -0.0121. The summed E-state index contributed by atoms with van der Waals surface area (Å²) in [6.45, 7) is 2.94. The second-order valence-corrected chi connectivity index (χ2v) is 7.95. The number of fused-ring (bicyclic) bond motifs is 2. The molecule has 1 aliphatic heterocycles. The molecule has 8 heteroatoms. The second kappa shape index (κ2) is 6.97. The summed E-state index contributed by atoms with van der Waals surface area (Å²) in [6.07, 6.45) is 0.393. The lowest BCUT2D eigenvalue weighted by molar-refractivity contribution is 0.137. The maximum Gasteiger partial charge on any atom is 0.416 e. The van der Waals surface area contributed by atoms with Gasteiger partial charge in [0.15, 0.2) is 5.65 Å². The molecule has 0 aliphatic carbocycles. The third kappa shape index (κ3) is 3.25. The molecule has 0 radical (unpaired) electrons. The average Bonchev–Trinajstić information content (AvgIpc) is 3.34. The largest absolute Gasteiger partial charge is 0.416 e. The van der Waals surface area contributed by atoms with Crippen molar-refractivity contribution >= 4 is 28.5 Å². The normalized spacial score (nSPS) is 13.6. The zero-order valence-corrected chi connectivity index (χ0v) is 16.4. The molecule has 0 fully saturated rings. The van der Waals surface area contributed by atoms with Crippen molar-refractivity contribution in [2.45, 2.75) is 19.9 Å². The first-order valence-electron chi connectivity index (χ1n) is 9.23. The maximum absolute atomic E-state index is 13.3. The fraction of sp³-hybridized carbons (Fsp3) is 0.190. The molecular formula is C21H17FN4O2S. The topological polar surface area (TPSA) is 60.2 Å². The van der Waals surface area contributed by atoms with Gasteiger partial charge in [0.2, 0.25) is 5.88 Å². The average molecular weight is 408 g/mol. The SMILES string of the molecule is Cc1nn(-c2ccc(F)cc2)c2nc3c(cc12)CN(CCc1cccs1)C(=O)O3. The summed E-state index contributed by atoms with van der Waals surface area (Å²) < 4.78 is 20.4. The molecule has 6 nitrogen and oxygen atoms in total. The van der Waals surface area contributed by atoms with E-state index in [0.29, 0.717) is 30.3 Å². The molecule has 3 aromatic heterocycles. The Morgan fingerprint density at radius 2 is 2.07 bits per heavy atom. The minimum Gasteiger partial charge on any atom is -0.391 e. The molecule has 1 aromatic carbocycles.